The van der Waals surface area contributed by atoms with Gasteiger partial charge in [-0.1, -0.05) is 0 Å². The number of hydrogen-bond acceptors (Lipinski definition) is 6. The largest absolute Gasteiger partial charge is 0.490 e. The molecule has 2 amide bonds. The van der Waals surface area contributed by atoms with Crippen LogP contribution in [-0.2, 0) is 11.2 Å². The van der Waals surface area contributed by atoms with Crippen molar-refractivity contribution in [2.45, 2.75) is 39.4 Å². The average Bonchev–Trinajstić information content (AvgIpc) is 3.41. The predicted molar refractivity (Wildman–Crippen MR) is 132 cm³/mol. The molecule has 198 valence electrons. The summed E-state index contributed by atoms with van der Waals surface area (Å²) in [6, 6.07) is 6.36. The number of fused-ring (bicyclic) bond motifs is 2. The van der Waals surface area contributed by atoms with E-state index in [0.29, 0.717) is 12.6 Å². The maximum Gasteiger partial charge on any atom is 0.490 e. The number of piperazine rings is 1. The van der Waals surface area contributed by atoms with Gasteiger partial charge in [0.1, 0.15) is 5.82 Å². The van der Waals surface area contributed by atoms with Crippen molar-refractivity contribution in [2.24, 2.45) is 0 Å². The van der Waals surface area contributed by atoms with Crippen LogP contribution < -0.4 is 20.4 Å². The standard InChI is InChI=1S/C22H27N7O.C2HF3O2/c1-14-12-29-17(10-15(2)26-29)11-19(14)25-22(30)28-8-5-18-20(4-6-24-21(18)28)27-9-7-23-16(3)13-27;3-2(4,5)1(6)7/h4,6,10-12,16,23H,5,7-9,13H2,1-3H3,(H,25,30);(H,6,7)/t16-;/m0./s1. The summed E-state index contributed by atoms with van der Waals surface area (Å²) in [5.74, 6) is -1.98. The summed E-state index contributed by atoms with van der Waals surface area (Å²) < 4.78 is 33.6. The fraction of sp³-hybridized carbons (Fsp3) is 0.417. The molecule has 2 aliphatic rings. The van der Waals surface area contributed by atoms with Gasteiger partial charge in [-0.15, -0.1) is 0 Å². The second-order valence-electron chi connectivity index (χ2n) is 9.09. The number of nitrogens with zero attached hydrogens (tertiary/aromatic N) is 5. The number of hydrogen-bond donors (Lipinski definition) is 3. The highest BCUT2D eigenvalue weighted by Gasteiger charge is 2.38. The van der Waals surface area contributed by atoms with Gasteiger partial charge in [0.2, 0.25) is 0 Å². The van der Waals surface area contributed by atoms with E-state index in [4.69, 9.17) is 9.90 Å². The van der Waals surface area contributed by atoms with Crippen molar-refractivity contribution in [3.8, 4) is 0 Å². The van der Waals surface area contributed by atoms with E-state index in [9.17, 15) is 18.0 Å². The van der Waals surface area contributed by atoms with Gasteiger partial charge in [-0.2, -0.15) is 18.3 Å². The van der Waals surface area contributed by atoms with Gasteiger partial charge in [0.15, 0.2) is 0 Å². The number of carbonyl (C=O) groups is 2. The fourth-order valence-corrected chi connectivity index (χ4v) is 4.50. The Hall–Kier alpha value is -3.87. The smallest absolute Gasteiger partial charge is 0.475 e. The number of halogens is 3. The molecule has 2 aliphatic heterocycles. The maximum atomic E-state index is 13.1. The van der Waals surface area contributed by atoms with Crippen molar-refractivity contribution in [1.29, 1.82) is 0 Å². The molecule has 0 aromatic carbocycles. The number of rotatable bonds is 2. The van der Waals surface area contributed by atoms with Crippen LogP contribution in [0, 0.1) is 13.8 Å². The summed E-state index contributed by atoms with van der Waals surface area (Å²) in [7, 11) is 0. The Labute approximate surface area is 211 Å². The number of carboxylic acids is 1. The summed E-state index contributed by atoms with van der Waals surface area (Å²) >= 11 is 0. The Bertz CT molecular complexity index is 1320. The molecule has 0 spiro atoms. The third-order valence-corrected chi connectivity index (χ3v) is 6.21. The zero-order valence-corrected chi connectivity index (χ0v) is 20.6. The van der Waals surface area contributed by atoms with Gasteiger partial charge < -0.3 is 20.6 Å². The second-order valence-corrected chi connectivity index (χ2v) is 9.09. The fourth-order valence-electron chi connectivity index (χ4n) is 4.50. The Balaban J connectivity index is 0.000000405. The molecule has 5 rings (SSSR count). The molecular weight excluding hydrogens is 491 g/mol. The maximum absolute atomic E-state index is 13.1. The van der Waals surface area contributed by atoms with Crippen molar-refractivity contribution in [1.82, 2.24) is 19.9 Å². The van der Waals surface area contributed by atoms with Crippen LogP contribution in [0.25, 0.3) is 5.52 Å². The molecule has 0 radical (unpaired) electrons. The molecular formula is C24H28F3N7O3. The molecule has 10 nitrogen and oxygen atoms in total. The van der Waals surface area contributed by atoms with Crippen molar-refractivity contribution in [3.05, 3.63) is 47.4 Å². The van der Waals surface area contributed by atoms with E-state index in [1.54, 1.807) is 4.90 Å². The van der Waals surface area contributed by atoms with E-state index in [-0.39, 0.29) is 6.03 Å². The van der Waals surface area contributed by atoms with Gasteiger partial charge in [-0.25, -0.2) is 19.1 Å². The molecule has 1 saturated heterocycles. The van der Waals surface area contributed by atoms with Gasteiger partial charge >= 0.3 is 18.2 Å². The molecule has 13 heteroatoms. The van der Waals surface area contributed by atoms with Crippen LogP contribution in [-0.4, -0.2) is 70.1 Å². The molecule has 0 bridgehead atoms. The number of urea groups is 1. The van der Waals surface area contributed by atoms with Crippen molar-refractivity contribution < 1.29 is 27.9 Å². The summed E-state index contributed by atoms with van der Waals surface area (Å²) in [5.41, 5.74) is 6.05. The van der Waals surface area contributed by atoms with E-state index in [2.05, 4.69) is 38.6 Å². The molecule has 5 heterocycles. The number of aromatic nitrogens is 3. The molecule has 3 N–H and O–H groups in total. The number of pyridine rings is 2. The second kappa shape index (κ2) is 10.2. The highest BCUT2D eigenvalue weighted by Crippen LogP contribution is 2.34. The van der Waals surface area contributed by atoms with E-state index in [0.717, 1.165) is 54.3 Å². The lowest BCUT2D eigenvalue weighted by Crippen LogP contribution is -2.49. The van der Waals surface area contributed by atoms with Crippen LogP contribution in [0.5, 0.6) is 0 Å². The Morgan fingerprint density at radius 1 is 1.22 bits per heavy atom. The lowest BCUT2D eigenvalue weighted by Gasteiger charge is -2.34. The van der Waals surface area contributed by atoms with Gasteiger partial charge in [0, 0.05) is 61.6 Å². The van der Waals surface area contributed by atoms with E-state index >= 15 is 0 Å². The number of aliphatic carboxylic acids is 1. The third-order valence-electron chi connectivity index (χ3n) is 6.21. The van der Waals surface area contributed by atoms with E-state index in [1.165, 1.54) is 11.3 Å². The number of amides is 2. The van der Waals surface area contributed by atoms with Gasteiger partial charge in [0.25, 0.3) is 0 Å². The summed E-state index contributed by atoms with van der Waals surface area (Å²) in [4.78, 5) is 30.8. The molecule has 0 unspecified atom stereocenters. The van der Waals surface area contributed by atoms with Gasteiger partial charge in [-0.3, -0.25) is 4.90 Å². The van der Waals surface area contributed by atoms with Crippen LogP contribution in [0.4, 0.5) is 35.2 Å². The number of carboxylic acid groups (broad SMARTS) is 1. The lowest BCUT2D eigenvalue weighted by atomic mass is 10.1. The quantitative estimate of drug-likeness (QED) is 0.476. The molecule has 37 heavy (non-hydrogen) atoms. The molecule has 3 aromatic heterocycles. The number of alkyl halides is 3. The number of carbonyl (C=O) groups excluding carboxylic acids is 1. The Kier molecular flexibility index (Phi) is 7.25. The highest BCUT2D eigenvalue weighted by molar-refractivity contribution is 6.03. The number of aryl methyl sites for hydroxylation is 2. The minimum atomic E-state index is -5.08. The van der Waals surface area contributed by atoms with Crippen LogP contribution in [0.1, 0.15) is 23.7 Å². The minimum absolute atomic E-state index is 0.143. The van der Waals surface area contributed by atoms with E-state index < -0.39 is 12.1 Å². The summed E-state index contributed by atoms with van der Waals surface area (Å²) in [6.45, 7) is 9.69. The van der Waals surface area contributed by atoms with Crippen LogP contribution in [0.2, 0.25) is 0 Å². The third kappa shape index (κ3) is 5.77. The first kappa shape index (κ1) is 26.2. The molecule has 1 atom stereocenters. The lowest BCUT2D eigenvalue weighted by molar-refractivity contribution is -0.192. The SMILES string of the molecule is Cc1cc2cc(NC(=O)N3CCc4c(N5CCN[C@@H](C)C5)ccnc43)c(C)cn2n1.O=C(O)C(F)(F)F. The van der Waals surface area contributed by atoms with Crippen LogP contribution in [0.3, 0.4) is 0 Å². The first-order valence-electron chi connectivity index (χ1n) is 11.8. The number of nitrogens with one attached hydrogen (secondary N) is 2. The topological polar surface area (TPSA) is 115 Å². The molecule has 3 aromatic rings. The zero-order valence-electron chi connectivity index (χ0n) is 20.6. The van der Waals surface area contributed by atoms with Crippen LogP contribution in [0.15, 0.2) is 30.6 Å². The highest BCUT2D eigenvalue weighted by atomic mass is 19.4. The molecule has 0 saturated carbocycles. The first-order chi connectivity index (χ1) is 17.4. The minimum Gasteiger partial charge on any atom is -0.475 e. The first-order valence-corrected chi connectivity index (χ1v) is 11.8. The summed E-state index contributed by atoms with van der Waals surface area (Å²) in [6.07, 6.45) is -0.499. The van der Waals surface area contributed by atoms with Crippen molar-refractivity contribution in [3.63, 3.8) is 0 Å². The normalized spacial score (nSPS) is 17.3. The van der Waals surface area contributed by atoms with Crippen molar-refractivity contribution in [2.75, 3.05) is 41.3 Å². The van der Waals surface area contributed by atoms with Crippen LogP contribution >= 0.6 is 0 Å². The predicted octanol–water partition coefficient (Wildman–Crippen LogP) is 3.37. The zero-order chi connectivity index (χ0) is 26.9. The van der Waals surface area contributed by atoms with Crippen molar-refractivity contribution >= 4 is 34.7 Å². The van der Waals surface area contributed by atoms with E-state index in [1.807, 2.05) is 42.9 Å². The monoisotopic (exact) mass is 519 g/mol. The number of anilines is 3. The summed E-state index contributed by atoms with van der Waals surface area (Å²) in [5, 5.41) is 18.1. The van der Waals surface area contributed by atoms with Gasteiger partial charge in [0.05, 0.1) is 11.2 Å². The molecule has 0 aliphatic carbocycles. The Morgan fingerprint density at radius 3 is 2.62 bits per heavy atom. The average molecular weight is 520 g/mol. The molecule has 1 fully saturated rings. The Morgan fingerprint density at radius 2 is 1.95 bits per heavy atom. The van der Waals surface area contributed by atoms with Gasteiger partial charge in [-0.05, 0) is 51.0 Å².